The molecule has 4 aromatic rings. The molecule has 0 radical (unpaired) electrons. The topological polar surface area (TPSA) is 36.9 Å². The lowest BCUT2D eigenvalue weighted by Crippen LogP contribution is -2.07. The lowest BCUT2D eigenvalue weighted by Gasteiger charge is -2.05. The molecule has 0 spiro atoms. The van der Waals surface area contributed by atoms with E-state index in [0.29, 0.717) is 26.4 Å². The van der Waals surface area contributed by atoms with E-state index in [1.54, 1.807) is 0 Å². The van der Waals surface area contributed by atoms with Gasteiger partial charge in [0.15, 0.2) is 0 Å². The van der Waals surface area contributed by atoms with Crippen molar-refractivity contribution >= 4 is 22.7 Å². The summed E-state index contributed by atoms with van der Waals surface area (Å²) in [7, 11) is 0. The fraction of sp³-hybridized carbons (Fsp3) is 0.476. The van der Waals surface area contributed by atoms with Crippen LogP contribution in [0.4, 0.5) is 0 Å². The second kappa shape index (κ2) is 23.6. The maximum absolute atomic E-state index is 5.78. The molecule has 6 heteroatoms. The highest BCUT2D eigenvalue weighted by atomic mass is 32.1. The van der Waals surface area contributed by atoms with E-state index in [9.17, 15) is 0 Å². The van der Waals surface area contributed by atoms with Crippen molar-refractivity contribution in [2.45, 2.75) is 78.1 Å². The van der Waals surface area contributed by atoms with Crippen molar-refractivity contribution in [3.05, 3.63) is 93.7 Å². The van der Waals surface area contributed by atoms with Crippen molar-refractivity contribution in [2.24, 2.45) is 0 Å². The molecule has 4 rings (SSSR count). The molecule has 0 saturated heterocycles. The lowest BCUT2D eigenvalue weighted by molar-refractivity contribution is 0.0476. The van der Waals surface area contributed by atoms with Crippen molar-refractivity contribution in [2.75, 3.05) is 52.9 Å². The van der Waals surface area contributed by atoms with Crippen LogP contribution in [0.2, 0.25) is 0 Å². The van der Waals surface area contributed by atoms with Gasteiger partial charge in [-0.25, -0.2) is 0 Å². The zero-order chi connectivity index (χ0) is 33.5. The Morgan fingerprint density at radius 2 is 0.812 bits per heavy atom. The summed E-state index contributed by atoms with van der Waals surface area (Å²) in [6.45, 7) is 10.3. The Bertz CT molecular complexity index is 1350. The van der Waals surface area contributed by atoms with Crippen LogP contribution in [0.15, 0.2) is 72.8 Å². The summed E-state index contributed by atoms with van der Waals surface area (Å²) in [5, 5.41) is 0. The Hall–Kier alpha value is -2.76. The zero-order valence-electron chi connectivity index (χ0n) is 29.1. The van der Waals surface area contributed by atoms with Crippen LogP contribution in [-0.4, -0.2) is 52.9 Å². The van der Waals surface area contributed by atoms with E-state index in [4.69, 9.17) is 18.9 Å². The van der Waals surface area contributed by atoms with Crippen molar-refractivity contribution in [1.29, 1.82) is 0 Å². The van der Waals surface area contributed by atoms with Crippen LogP contribution in [0.1, 0.15) is 86.1 Å². The van der Waals surface area contributed by atoms with Crippen LogP contribution in [0, 0.1) is 11.8 Å². The van der Waals surface area contributed by atoms with Gasteiger partial charge in [0, 0.05) is 56.7 Å². The maximum Gasteiger partial charge on any atom is 0.0700 e. The number of thiophene rings is 2. The highest BCUT2D eigenvalue weighted by Crippen LogP contribution is 2.30. The monoisotopic (exact) mass is 686 g/mol. The first-order chi connectivity index (χ1) is 23.7. The number of unbranched alkanes of at least 4 members (excludes halogenated alkanes) is 6. The minimum atomic E-state index is 0.668. The van der Waals surface area contributed by atoms with Crippen LogP contribution < -0.4 is 0 Å². The third kappa shape index (κ3) is 14.8. The summed E-state index contributed by atoms with van der Waals surface area (Å²) in [4.78, 5) is 5.24. The highest BCUT2D eigenvalue weighted by molar-refractivity contribution is 7.15. The van der Waals surface area contributed by atoms with Crippen LogP contribution in [0.25, 0.3) is 20.9 Å². The third-order valence-corrected chi connectivity index (χ3v) is 10.4. The molecule has 0 unspecified atom stereocenters. The predicted octanol–water partition coefficient (Wildman–Crippen LogP) is 10.9. The normalized spacial score (nSPS) is 11.1. The number of hydrogen-bond acceptors (Lipinski definition) is 6. The average molecular weight is 687 g/mol. The van der Waals surface area contributed by atoms with Gasteiger partial charge in [-0.15, -0.1) is 22.7 Å². The van der Waals surface area contributed by atoms with Gasteiger partial charge in [0.25, 0.3) is 0 Å². The molecule has 48 heavy (non-hydrogen) atoms. The van der Waals surface area contributed by atoms with Gasteiger partial charge in [0.2, 0.25) is 0 Å². The largest absolute Gasteiger partial charge is 0.379 e. The molecule has 258 valence electrons. The molecule has 0 fully saturated rings. The quantitative estimate of drug-likeness (QED) is 0.0543. The van der Waals surface area contributed by atoms with E-state index in [-0.39, 0.29) is 0 Å². The first-order valence-electron chi connectivity index (χ1n) is 18.0. The van der Waals surface area contributed by atoms with E-state index in [2.05, 4.69) is 98.5 Å². The summed E-state index contributed by atoms with van der Waals surface area (Å²) in [5.74, 6) is 6.66. The van der Waals surface area contributed by atoms with Gasteiger partial charge in [-0.3, -0.25) is 0 Å². The fourth-order valence-corrected chi connectivity index (χ4v) is 7.15. The standard InChI is InChI=1S/C42H54O4S2/c1-3-5-7-9-27-43-31-33-45-29-25-39-21-23-41(47-39)37-17-13-35(14-18-37)11-12-36-15-19-38(20-16-36)42-24-22-40(48-42)26-30-46-34-32-44-28-10-8-6-4-2/h13-24H,3-10,25-34H2,1-2H3. The van der Waals surface area contributed by atoms with E-state index >= 15 is 0 Å². The summed E-state index contributed by atoms with van der Waals surface area (Å²) in [6.07, 6.45) is 11.8. The minimum absolute atomic E-state index is 0.668. The number of hydrogen-bond donors (Lipinski definition) is 0. The SMILES string of the molecule is CCCCCCOCCOCCc1ccc(-c2ccc(C#Cc3ccc(-c4ccc(CCOCCOCCCCCC)s4)cc3)cc2)s1. The molecule has 0 N–H and O–H groups in total. The van der Waals surface area contributed by atoms with Crippen LogP contribution in [0.5, 0.6) is 0 Å². The van der Waals surface area contributed by atoms with Crippen LogP contribution in [0.3, 0.4) is 0 Å². The first-order valence-corrected chi connectivity index (χ1v) is 19.6. The Balaban J connectivity index is 1.13. The molecular weight excluding hydrogens is 633 g/mol. The van der Waals surface area contributed by atoms with Crippen LogP contribution in [-0.2, 0) is 31.8 Å². The number of rotatable bonds is 24. The number of benzene rings is 2. The molecule has 2 aromatic carbocycles. The molecule has 2 heterocycles. The van der Waals surface area contributed by atoms with Gasteiger partial charge in [-0.2, -0.15) is 0 Å². The first kappa shape index (κ1) is 38.0. The van der Waals surface area contributed by atoms with Crippen molar-refractivity contribution in [3.8, 4) is 32.7 Å². The maximum atomic E-state index is 5.78. The summed E-state index contributed by atoms with van der Waals surface area (Å²) in [6, 6.07) is 26.0. The second-order valence-corrected chi connectivity index (χ2v) is 14.3. The van der Waals surface area contributed by atoms with Gasteiger partial charge in [0.1, 0.15) is 0 Å². The Morgan fingerprint density at radius 3 is 1.21 bits per heavy atom. The summed E-state index contributed by atoms with van der Waals surface area (Å²) in [5.41, 5.74) is 4.48. The molecule has 0 amide bonds. The van der Waals surface area contributed by atoms with Gasteiger partial charge in [-0.1, -0.05) is 88.5 Å². The molecular formula is C42H54O4S2. The summed E-state index contributed by atoms with van der Waals surface area (Å²) < 4.78 is 22.9. The molecule has 0 saturated carbocycles. The molecule has 0 bridgehead atoms. The van der Waals surface area contributed by atoms with Gasteiger partial charge in [-0.05, 0) is 72.5 Å². The van der Waals surface area contributed by atoms with Gasteiger partial charge >= 0.3 is 0 Å². The Kier molecular flexibility index (Phi) is 18.7. The molecule has 0 aliphatic carbocycles. The van der Waals surface area contributed by atoms with Crippen LogP contribution >= 0.6 is 22.7 Å². The number of ether oxygens (including phenoxy) is 4. The van der Waals surface area contributed by atoms with E-state index < -0.39 is 0 Å². The molecule has 0 aliphatic heterocycles. The Morgan fingerprint density at radius 1 is 0.417 bits per heavy atom. The summed E-state index contributed by atoms with van der Waals surface area (Å²) >= 11 is 3.67. The second-order valence-electron chi connectivity index (χ2n) is 12.0. The van der Waals surface area contributed by atoms with Crippen molar-refractivity contribution < 1.29 is 18.9 Å². The molecule has 4 nitrogen and oxygen atoms in total. The lowest BCUT2D eigenvalue weighted by atomic mass is 10.1. The minimum Gasteiger partial charge on any atom is -0.379 e. The molecule has 0 atom stereocenters. The predicted molar refractivity (Wildman–Crippen MR) is 204 cm³/mol. The zero-order valence-corrected chi connectivity index (χ0v) is 30.7. The highest BCUT2D eigenvalue weighted by Gasteiger charge is 2.05. The third-order valence-electron chi connectivity index (χ3n) is 8.03. The van der Waals surface area contributed by atoms with E-state index in [0.717, 1.165) is 63.2 Å². The smallest absolute Gasteiger partial charge is 0.0700 e. The van der Waals surface area contributed by atoms with Gasteiger partial charge in [0.05, 0.1) is 39.6 Å². The average Bonchev–Trinajstić information content (AvgIpc) is 3.80. The fourth-order valence-electron chi connectivity index (χ4n) is 5.17. The van der Waals surface area contributed by atoms with Crippen molar-refractivity contribution in [1.82, 2.24) is 0 Å². The van der Waals surface area contributed by atoms with E-state index in [1.165, 1.54) is 69.2 Å². The molecule has 0 aliphatic rings. The van der Waals surface area contributed by atoms with E-state index in [1.807, 2.05) is 22.7 Å². The van der Waals surface area contributed by atoms with Crippen molar-refractivity contribution in [3.63, 3.8) is 0 Å². The molecule has 2 aromatic heterocycles. The Labute approximate surface area is 297 Å². The van der Waals surface area contributed by atoms with Gasteiger partial charge < -0.3 is 18.9 Å².